The highest BCUT2D eigenvalue weighted by molar-refractivity contribution is 5.91. The van der Waals surface area contributed by atoms with Crippen molar-refractivity contribution in [1.29, 1.82) is 5.26 Å². The Morgan fingerprint density at radius 1 is 1.36 bits per heavy atom. The first-order valence-corrected chi connectivity index (χ1v) is 7.43. The highest BCUT2D eigenvalue weighted by Gasteiger charge is 2.13. The monoisotopic (exact) mass is 334 g/mol. The molecule has 0 saturated heterocycles. The van der Waals surface area contributed by atoms with Crippen LogP contribution >= 0.6 is 0 Å². The minimum Gasteiger partial charge on any atom is -0.496 e. The number of hydrogen-bond donors (Lipinski definition) is 1. The average molecular weight is 334 g/mol. The van der Waals surface area contributed by atoms with Gasteiger partial charge in [0.05, 0.1) is 28.6 Å². The van der Waals surface area contributed by atoms with Gasteiger partial charge in [-0.15, -0.1) is 0 Å². The average Bonchev–Trinajstić information content (AvgIpc) is 3.02. The second-order valence-electron chi connectivity index (χ2n) is 5.46. The van der Waals surface area contributed by atoms with Crippen molar-refractivity contribution in [3.8, 4) is 11.8 Å². The molecule has 2 aromatic carbocycles. The molecule has 3 rings (SSSR count). The Bertz CT molecular complexity index is 1040. The molecule has 0 saturated carbocycles. The summed E-state index contributed by atoms with van der Waals surface area (Å²) in [4.78, 5) is 18.0. The number of nitrogens with one attached hydrogen (secondary N) is 1. The Labute approximate surface area is 143 Å². The van der Waals surface area contributed by atoms with E-state index in [1.54, 1.807) is 0 Å². The smallest absolute Gasteiger partial charge is 0.270 e. The summed E-state index contributed by atoms with van der Waals surface area (Å²) in [5, 5.41) is 20.5. The van der Waals surface area contributed by atoms with Crippen molar-refractivity contribution in [3.63, 3.8) is 0 Å². The summed E-state index contributed by atoms with van der Waals surface area (Å²) in [6, 6.07) is 12.0. The lowest BCUT2D eigenvalue weighted by atomic mass is 10.1. The van der Waals surface area contributed by atoms with E-state index in [2.05, 4.69) is 16.0 Å². The van der Waals surface area contributed by atoms with E-state index in [0.717, 1.165) is 16.6 Å². The maximum absolute atomic E-state index is 11.0. The number of benzene rings is 2. The molecule has 25 heavy (non-hydrogen) atoms. The molecule has 0 bridgehead atoms. The molecule has 0 spiro atoms. The number of nitrogens with zero attached hydrogens (tertiary/aromatic N) is 3. The van der Waals surface area contributed by atoms with Crippen molar-refractivity contribution >= 4 is 28.4 Å². The van der Waals surface area contributed by atoms with E-state index in [1.807, 2.05) is 25.1 Å². The summed E-state index contributed by atoms with van der Waals surface area (Å²) in [5.41, 5.74) is 3.25. The van der Waals surface area contributed by atoms with Gasteiger partial charge in [-0.3, -0.25) is 10.1 Å². The zero-order valence-corrected chi connectivity index (χ0v) is 13.6. The lowest BCUT2D eigenvalue weighted by Crippen LogP contribution is -1.93. The number of non-ortho nitro benzene ring substituents is 1. The van der Waals surface area contributed by atoms with E-state index in [4.69, 9.17) is 4.74 Å². The van der Waals surface area contributed by atoms with E-state index >= 15 is 0 Å². The standard InChI is InChI=1S/C18H14N4O3/c1-11-3-5-15-16(7-11)21-18(20-15)13(10-19)8-12-9-14(22(23)24)4-6-17(12)25-2/h3-9H,1-2H3,(H,20,21)/b13-8-. The number of hydrogen-bond acceptors (Lipinski definition) is 5. The van der Waals surface area contributed by atoms with Crippen molar-refractivity contribution in [2.75, 3.05) is 7.11 Å². The number of ether oxygens (including phenoxy) is 1. The van der Waals surface area contributed by atoms with Crippen molar-refractivity contribution < 1.29 is 9.66 Å². The Morgan fingerprint density at radius 3 is 2.84 bits per heavy atom. The quantitative estimate of drug-likeness (QED) is 0.443. The minimum absolute atomic E-state index is 0.0791. The SMILES string of the molecule is COc1ccc([N+](=O)[O-])cc1/C=C(/C#N)c1nc2ccc(C)cc2[nH]1. The lowest BCUT2D eigenvalue weighted by molar-refractivity contribution is -0.384. The van der Waals surface area contributed by atoms with Crippen LogP contribution in [0.4, 0.5) is 5.69 Å². The molecule has 0 aliphatic carbocycles. The first kappa shape index (κ1) is 16.2. The number of fused-ring (bicyclic) bond motifs is 1. The van der Waals surface area contributed by atoms with Gasteiger partial charge in [-0.1, -0.05) is 6.07 Å². The normalized spacial score (nSPS) is 11.3. The molecule has 1 heterocycles. The van der Waals surface area contributed by atoms with E-state index in [-0.39, 0.29) is 11.3 Å². The second kappa shape index (κ2) is 6.45. The summed E-state index contributed by atoms with van der Waals surface area (Å²) < 4.78 is 5.23. The van der Waals surface area contributed by atoms with Crippen molar-refractivity contribution in [2.24, 2.45) is 0 Å². The van der Waals surface area contributed by atoms with Crippen LogP contribution in [0, 0.1) is 28.4 Å². The highest BCUT2D eigenvalue weighted by Crippen LogP contribution is 2.28. The molecule has 3 aromatic rings. The summed E-state index contributed by atoms with van der Waals surface area (Å²) in [6.07, 6.45) is 1.52. The first-order valence-electron chi connectivity index (χ1n) is 7.43. The molecule has 0 fully saturated rings. The molecule has 0 amide bonds. The number of H-pyrrole nitrogens is 1. The zero-order valence-electron chi connectivity index (χ0n) is 13.6. The van der Waals surface area contributed by atoms with Crippen LogP contribution in [0.3, 0.4) is 0 Å². The minimum atomic E-state index is -0.493. The van der Waals surface area contributed by atoms with Crippen molar-refractivity contribution in [3.05, 3.63) is 63.5 Å². The largest absolute Gasteiger partial charge is 0.496 e. The van der Waals surface area contributed by atoms with E-state index in [0.29, 0.717) is 17.1 Å². The number of methoxy groups -OCH3 is 1. The predicted molar refractivity (Wildman–Crippen MR) is 94.0 cm³/mol. The maximum atomic E-state index is 11.0. The summed E-state index contributed by atoms with van der Waals surface area (Å²) in [7, 11) is 1.47. The van der Waals surface area contributed by atoms with Gasteiger partial charge >= 0.3 is 0 Å². The number of allylic oxidation sites excluding steroid dienone is 1. The number of rotatable bonds is 4. The van der Waals surface area contributed by atoms with Gasteiger partial charge in [-0.05, 0) is 36.8 Å². The fourth-order valence-corrected chi connectivity index (χ4v) is 2.51. The molecular formula is C18H14N4O3. The molecule has 1 N–H and O–H groups in total. The third-order valence-corrected chi connectivity index (χ3v) is 3.74. The molecular weight excluding hydrogens is 320 g/mol. The Balaban J connectivity index is 2.12. The van der Waals surface area contributed by atoms with Crippen LogP contribution in [0.25, 0.3) is 22.7 Å². The highest BCUT2D eigenvalue weighted by atomic mass is 16.6. The molecule has 0 atom stereocenters. The third-order valence-electron chi connectivity index (χ3n) is 3.74. The number of aryl methyl sites for hydroxylation is 1. The number of aromatic amines is 1. The Morgan fingerprint density at radius 2 is 2.16 bits per heavy atom. The molecule has 0 aliphatic heterocycles. The topological polar surface area (TPSA) is 105 Å². The van der Waals surface area contributed by atoms with Gasteiger partial charge in [-0.2, -0.15) is 5.26 Å². The van der Waals surface area contributed by atoms with E-state index in [9.17, 15) is 15.4 Å². The number of imidazole rings is 1. The lowest BCUT2D eigenvalue weighted by Gasteiger charge is -2.04. The van der Waals surface area contributed by atoms with Crippen LogP contribution in [-0.2, 0) is 0 Å². The summed E-state index contributed by atoms with van der Waals surface area (Å²) in [6.45, 7) is 1.97. The summed E-state index contributed by atoms with van der Waals surface area (Å²) in [5.74, 6) is 0.835. The van der Waals surface area contributed by atoms with Crippen LogP contribution in [0.1, 0.15) is 17.0 Å². The molecule has 1 aromatic heterocycles. The molecule has 7 heteroatoms. The molecule has 0 radical (unpaired) electrons. The number of aromatic nitrogens is 2. The van der Waals surface area contributed by atoms with Crippen molar-refractivity contribution in [2.45, 2.75) is 6.92 Å². The Kier molecular flexibility index (Phi) is 4.18. The van der Waals surface area contributed by atoms with Crippen LogP contribution in [0.5, 0.6) is 5.75 Å². The van der Waals surface area contributed by atoms with Crippen LogP contribution in [0.2, 0.25) is 0 Å². The van der Waals surface area contributed by atoms with Gasteiger partial charge in [-0.25, -0.2) is 4.98 Å². The zero-order chi connectivity index (χ0) is 18.0. The second-order valence-corrected chi connectivity index (χ2v) is 5.46. The molecule has 124 valence electrons. The van der Waals surface area contributed by atoms with Gasteiger partial charge < -0.3 is 9.72 Å². The molecule has 7 nitrogen and oxygen atoms in total. The fraction of sp³-hybridized carbons (Fsp3) is 0.111. The first-order chi connectivity index (χ1) is 12.0. The van der Waals surface area contributed by atoms with Crippen LogP contribution in [-0.4, -0.2) is 22.0 Å². The van der Waals surface area contributed by atoms with Gasteiger partial charge in [0.25, 0.3) is 5.69 Å². The predicted octanol–water partition coefficient (Wildman–Crippen LogP) is 3.85. The fourth-order valence-electron chi connectivity index (χ4n) is 2.51. The van der Waals surface area contributed by atoms with E-state index in [1.165, 1.54) is 31.4 Å². The van der Waals surface area contributed by atoms with Gasteiger partial charge in [0.2, 0.25) is 0 Å². The number of nitro groups is 1. The van der Waals surface area contributed by atoms with Gasteiger partial charge in [0.1, 0.15) is 17.6 Å². The van der Waals surface area contributed by atoms with Crippen LogP contribution in [0.15, 0.2) is 36.4 Å². The van der Waals surface area contributed by atoms with Gasteiger partial charge in [0.15, 0.2) is 0 Å². The summed E-state index contributed by atoms with van der Waals surface area (Å²) >= 11 is 0. The molecule has 0 aliphatic rings. The third kappa shape index (κ3) is 3.19. The van der Waals surface area contributed by atoms with Crippen molar-refractivity contribution in [1.82, 2.24) is 9.97 Å². The van der Waals surface area contributed by atoms with Gasteiger partial charge in [0, 0.05) is 17.7 Å². The van der Waals surface area contributed by atoms with Crippen LogP contribution < -0.4 is 4.74 Å². The maximum Gasteiger partial charge on any atom is 0.270 e. The number of nitriles is 1. The molecule has 0 unspecified atom stereocenters. The number of nitro benzene ring substituents is 1. The Hall–Kier alpha value is -3.66. The van der Waals surface area contributed by atoms with E-state index < -0.39 is 4.92 Å².